The van der Waals surface area contributed by atoms with Crippen LogP contribution in [0, 0.1) is 5.92 Å². The Morgan fingerprint density at radius 2 is 0.623 bits per heavy atom. The van der Waals surface area contributed by atoms with Crippen molar-refractivity contribution in [1.29, 1.82) is 0 Å². The molecule has 0 heterocycles. The predicted octanol–water partition coefficient (Wildman–Crippen LogP) is 14.7. The zero-order valence-electron chi connectivity index (χ0n) is 36.0. The number of carbonyl (C=O) groups is 3. The van der Waals surface area contributed by atoms with Crippen molar-refractivity contribution in [2.75, 3.05) is 13.2 Å². The van der Waals surface area contributed by atoms with Crippen molar-refractivity contribution in [3.8, 4) is 0 Å². The van der Waals surface area contributed by atoms with Crippen LogP contribution in [0.25, 0.3) is 0 Å². The summed E-state index contributed by atoms with van der Waals surface area (Å²) in [6.07, 6.45) is 41.0. The number of carbonyl (C=O) groups excluding carboxylic acids is 3. The third-order valence-corrected chi connectivity index (χ3v) is 10.5. The van der Waals surface area contributed by atoms with Gasteiger partial charge in [-0.2, -0.15) is 0 Å². The van der Waals surface area contributed by atoms with Crippen LogP contribution in [0.1, 0.15) is 259 Å². The van der Waals surface area contributed by atoms with Crippen LogP contribution in [-0.4, -0.2) is 37.2 Å². The van der Waals surface area contributed by atoms with Gasteiger partial charge in [-0.05, 0) is 25.2 Å². The lowest BCUT2D eigenvalue weighted by Gasteiger charge is -2.18. The smallest absolute Gasteiger partial charge is 0.306 e. The first-order chi connectivity index (χ1) is 25.9. The molecule has 0 radical (unpaired) electrons. The number of esters is 3. The summed E-state index contributed by atoms with van der Waals surface area (Å²) in [6, 6.07) is 0. The molecule has 0 amide bonds. The van der Waals surface area contributed by atoms with E-state index in [0.29, 0.717) is 19.3 Å². The molecule has 1 atom stereocenters. The summed E-state index contributed by atoms with van der Waals surface area (Å²) in [5.74, 6) is -0.0997. The molecule has 0 aromatic carbocycles. The van der Waals surface area contributed by atoms with Crippen molar-refractivity contribution in [2.24, 2.45) is 5.92 Å². The van der Waals surface area contributed by atoms with Crippen molar-refractivity contribution in [3.63, 3.8) is 0 Å². The van der Waals surface area contributed by atoms with Crippen LogP contribution in [-0.2, 0) is 28.6 Å². The molecule has 6 heteroatoms. The lowest BCUT2D eigenvalue weighted by atomic mass is 10.0. The molecule has 0 aromatic rings. The van der Waals surface area contributed by atoms with E-state index in [9.17, 15) is 14.4 Å². The van der Waals surface area contributed by atoms with Crippen LogP contribution in [0.4, 0.5) is 0 Å². The average Bonchev–Trinajstić information content (AvgIpc) is 3.14. The van der Waals surface area contributed by atoms with Crippen LogP contribution < -0.4 is 0 Å². The number of unbranched alkanes of at least 4 members (excludes halogenated alkanes) is 29. The highest BCUT2D eigenvalue weighted by molar-refractivity contribution is 5.71. The first-order valence-corrected chi connectivity index (χ1v) is 23.4. The van der Waals surface area contributed by atoms with Crippen LogP contribution >= 0.6 is 0 Å². The predicted molar refractivity (Wildman–Crippen MR) is 224 cm³/mol. The molecule has 314 valence electrons. The van der Waals surface area contributed by atoms with Gasteiger partial charge in [0, 0.05) is 19.3 Å². The molecule has 53 heavy (non-hydrogen) atoms. The molecule has 0 aliphatic carbocycles. The van der Waals surface area contributed by atoms with E-state index in [-0.39, 0.29) is 31.1 Å². The molecule has 0 N–H and O–H groups in total. The van der Waals surface area contributed by atoms with Crippen LogP contribution in [0.3, 0.4) is 0 Å². The highest BCUT2D eigenvalue weighted by Crippen LogP contribution is 2.16. The fourth-order valence-corrected chi connectivity index (χ4v) is 6.98. The Balaban J connectivity index is 4.25. The Bertz CT molecular complexity index is 796. The van der Waals surface area contributed by atoms with Gasteiger partial charge in [-0.1, -0.05) is 220 Å². The third-order valence-electron chi connectivity index (χ3n) is 10.5. The van der Waals surface area contributed by atoms with Gasteiger partial charge in [-0.25, -0.2) is 0 Å². The van der Waals surface area contributed by atoms with Crippen molar-refractivity contribution >= 4 is 17.9 Å². The number of ether oxygens (including phenoxy) is 3. The zero-order valence-corrected chi connectivity index (χ0v) is 36.0. The highest BCUT2D eigenvalue weighted by Gasteiger charge is 2.19. The summed E-state index contributed by atoms with van der Waals surface area (Å²) in [4.78, 5) is 37.6. The minimum Gasteiger partial charge on any atom is -0.462 e. The van der Waals surface area contributed by atoms with Gasteiger partial charge in [-0.15, -0.1) is 0 Å². The molecule has 0 bridgehead atoms. The van der Waals surface area contributed by atoms with Gasteiger partial charge in [0.2, 0.25) is 0 Å². The first kappa shape index (κ1) is 51.4. The summed E-state index contributed by atoms with van der Waals surface area (Å²) in [6.45, 7) is 8.92. The number of rotatable bonds is 42. The maximum Gasteiger partial charge on any atom is 0.306 e. The van der Waals surface area contributed by atoms with Gasteiger partial charge < -0.3 is 14.2 Å². The molecular formula is C47H90O6. The summed E-state index contributed by atoms with van der Waals surface area (Å²) in [5.41, 5.74) is 0. The Hall–Kier alpha value is -1.59. The van der Waals surface area contributed by atoms with Gasteiger partial charge in [0.1, 0.15) is 13.2 Å². The fourth-order valence-electron chi connectivity index (χ4n) is 6.98. The van der Waals surface area contributed by atoms with Crippen LogP contribution in [0.15, 0.2) is 0 Å². The van der Waals surface area contributed by atoms with Crippen LogP contribution in [0.5, 0.6) is 0 Å². The second-order valence-corrected chi connectivity index (χ2v) is 16.5. The van der Waals surface area contributed by atoms with E-state index in [1.807, 2.05) is 0 Å². The lowest BCUT2D eigenvalue weighted by Crippen LogP contribution is -2.30. The zero-order chi connectivity index (χ0) is 38.9. The normalized spacial score (nSPS) is 11.9. The Labute approximate surface area is 329 Å². The minimum absolute atomic E-state index is 0.0647. The summed E-state index contributed by atoms with van der Waals surface area (Å²) in [7, 11) is 0. The maximum atomic E-state index is 12.7. The van der Waals surface area contributed by atoms with E-state index in [2.05, 4.69) is 27.7 Å². The minimum atomic E-state index is -0.759. The van der Waals surface area contributed by atoms with E-state index in [1.165, 1.54) is 154 Å². The van der Waals surface area contributed by atoms with E-state index >= 15 is 0 Å². The summed E-state index contributed by atoms with van der Waals surface area (Å²) >= 11 is 0. The van der Waals surface area contributed by atoms with Crippen molar-refractivity contribution < 1.29 is 28.6 Å². The van der Waals surface area contributed by atoms with Crippen LogP contribution in [0.2, 0.25) is 0 Å². The molecule has 0 aromatic heterocycles. The molecule has 0 rings (SSSR count). The van der Waals surface area contributed by atoms with Crippen molar-refractivity contribution in [1.82, 2.24) is 0 Å². The van der Waals surface area contributed by atoms with Gasteiger partial charge in [0.15, 0.2) is 6.10 Å². The van der Waals surface area contributed by atoms with Gasteiger partial charge in [0.25, 0.3) is 0 Å². The molecule has 6 nitrogen and oxygen atoms in total. The average molecular weight is 751 g/mol. The second kappa shape index (κ2) is 41.6. The number of hydrogen-bond acceptors (Lipinski definition) is 6. The van der Waals surface area contributed by atoms with E-state index < -0.39 is 6.10 Å². The quantitative estimate of drug-likeness (QED) is 0.0351. The SMILES string of the molecule is CCCCCCCCCCCCCCCCCCC(=O)OC[C@H](COC(=O)CCCCCCCCCCCC)OC(=O)CCCCCCCCC(C)C. The molecule has 0 unspecified atom stereocenters. The standard InChI is InChI=1S/C47H90O6/c1-5-7-9-11-13-15-17-18-19-20-21-22-24-26-31-35-39-46(49)52-42-44(53-47(50)40-36-32-28-27-29-33-37-43(3)4)41-51-45(48)38-34-30-25-23-16-14-12-10-8-6-2/h43-44H,5-42H2,1-4H3/t44-/m0/s1. The largest absolute Gasteiger partial charge is 0.462 e. The van der Waals surface area contributed by atoms with Gasteiger partial charge >= 0.3 is 17.9 Å². The molecule has 0 saturated carbocycles. The second-order valence-electron chi connectivity index (χ2n) is 16.5. The fraction of sp³-hybridized carbons (Fsp3) is 0.936. The Morgan fingerprint density at radius 3 is 0.925 bits per heavy atom. The molecule has 0 aliphatic heterocycles. The summed E-state index contributed by atoms with van der Waals surface area (Å²) < 4.78 is 16.7. The Kier molecular flexibility index (Phi) is 40.3. The highest BCUT2D eigenvalue weighted by atomic mass is 16.6. The molecule has 0 aliphatic rings. The van der Waals surface area contributed by atoms with Crippen molar-refractivity contribution in [3.05, 3.63) is 0 Å². The monoisotopic (exact) mass is 751 g/mol. The van der Waals surface area contributed by atoms with Gasteiger partial charge in [0.05, 0.1) is 0 Å². The Morgan fingerprint density at radius 1 is 0.358 bits per heavy atom. The molecule has 0 saturated heterocycles. The molecule has 0 spiro atoms. The third kappa shape index (κ3) is 41.4. The molecular weight excluding hydrogens is 661 g/mol. The summed E-state index contributed by atoms with van der Waals surface area (Å²) in [5, 5.41) is 0. The van der Waals surface area contributed by atoms with E-state index in [4.69, 9.17) is 14.2 Å². The number of hydrogen-bond donors (Lipinski definition) is 0. The first-order valence-electron chi connectivity index (χ1n) is 23.4. The van der Waals surface area contributed by atoms with E-state index in [0.717, 1.165) is 63.7 Å². The molecule has 0 fully saturated rings. The van der Waals surface area contributed by atoms with Gasteiger partial charge in [-0.3, -0.25) is 14.4 Å². The van der Waals surface area contributed by atoms with E-state index in [1.54, 1.807) is 0 Å². The lowest BCUT2D eigenvalue weighted by molar-refractivity contribution is -0.167. The van der Waals surface area contributed by atoms with Crippen molar-refractivity contribution in [2.45, 2.75) is 265 Å². The maximum absolute atomic E-state index is 12.7. The topological polar surface area (TPSA) is 78.9 Å².